The summed E-state index contributed by atoms with van der Waals surface area (Å²) in [6.07, 6.45) is 0. The van der Waals surface area contributed by atoms with Crippen molar-refractivity contribution in [3.63, 3.8) is 0 Å². The molecule has 2 atom stereocenters. The highest BCUT2D eigenvalue weighted by molar-refractivity contribution is 5.46. The molecule has 18 heavy (non-hydrogen) atoms. The van der Waals surface area contributed by atoms with Gasteiger partial charge in [-0.2, -0.15) is 0 Å². The first-order chi connectivity index (χ1) is 8.74. The van der Waals surface area contributed by atoms with Crippen molar-refractivity contribution >= 4 is 5.69 Å². The molecule has 1 aliphatic heterocycles. The van der Waals surface area contributed by atoms with E-state index in [4.69, 9.17) is 4.74 Å². The fourth-order valence-corrected chi connectivity index (χ4v) is 2.45. The molecular weight excluding hydrogens is 231 g/mol. The van der Waals surface area contributed by atoms with Gasteiger partial charge in [-0.1, -0.05) is 0 Å². The second kappa shape index (κ2) is 6.16. The summed E-state index contributed by atoms with van der Waals surface area (Å²) in [5, 5.41) is 3.29. The Bertz CT molecular complexity index is 369. The maximum Gasteiger partial charge on any atom is 0.123 e. The molecule has 0 amide bonds. The van der Waals surface area contributed by atoms with Crippen LogP contribution in [0.2, 0.25) is 0 Å². The van der Waals surface area contributed by atoms with Crippen LogP contribution in [0.4, 0.5) is 10.1 Å². The average molecular weight is 252 g/mol. The summed E-state index contributed by atoms with van der Waals surface area (Å²) in [4.78, 5) is 2.27. The maximum absolute atomic E-state index is 12.9. The van der Waals surface area contributed by atoms with Crippen LogP contribution in [0, 0.1) is 11.7 Å². The molecule has 0 spiro atoms. The molecule has 0 aliphatic carbocycles. The van der Waals surface area contributed by atoms with Gasteiger partial charge in [-0.3, -0.25) is 0 Å². The van der Waals surface area contributed by atoms with Crippen molar-refractivity contribution in [1.29, 1.82) is 0 Å². The third-order valence-electron chi connectivity index (χ3n) is 3.60. The Kier molecular flexibility index (Phi) is 4.55. The number of halogens is 1. The summed E-state index contributed by atoms with van der Waals surface area (Å²) >= 11 is 0. The van der Waals surface area contributed by atoms with Crippen LogP contribution >= 0.6 is 0 Å². The second-order valence-electron chi connectivity index (χ2n) is 4.71. The van der Waals surface area contributed by atoms with Gasteiger partial charge < -0.3 is 15.0 Å². The van der Waals surface area contributed by atoms with E-state index >= 15 is 0 Å². The molecule has 2 rings (SSSR count). The predicted molar refractivity (Wildman–Crippen MR) is 71.4 cm³/mol. The Hall–Kier alpha value is -1.13. The lowest BCUT2D eigenvalue weighted by molar-refractivity contribution is 0.183. The number of nitrogens with zero attached hydrogens (tertiary/aromatic N) is 1. The third-order valence-corrected chi connectivity index (χ3v) is 3.60. The minimum Gasteiger partial charge on any atom is -0.379 e. The highest BCUT2D eigenvalue weighted by Crippen LogP contribution is 2.20. The zero-order valence-electron chi connectivity index (χ0n) is 11.0. The standard InChI is InChI=1S/C14H21FN2O/c1-3-17(13-6-4-12(15)5-7-13)8-11-9-18-10-14(11)16-2/h4-7,11,14,16H,3,8-10H2,1-2H3. The number of benzene rings is 1. The first-order valence-corrected chi connectivity index (χ1v) is 6.50. The van der Waals surface area contributed by atoms with E-state index in [0.717, 1.165) is 32.0 Å². The summed E-state index contributed by atoms with van der Waals surface area (Å²) in [6.45, 7) is 5.55. The number of hydrogen-bond acceptors (Lipinski definition) is 3. The van der Waals surface area contributed by atoms with Crippen LogP contribution in [-0.4, -0.2) is 39.4 Å². The van der Waals surface area contributed by atoms with E-state index < -0.39 is 0 Å². The summed E-state index contributed by atoms with van der Waals surface area (Å²) in [5.41, 5.74) is 1.07. The molecule has 4 heteroatoms. The van der Waals surface area contributed by atoms with E-state index in [1.165, 1.54) is 12.1 Å². The fraction of sp³-hybridized carbons (Fsp3) is 0.571. The van der Waals surface area contributed by atoms with Crippen LogP contribution in [0.5, 0.6) is 0 Å². The van der Waals surface area contributed by atoms with E-state index in [-0.39, 0.29) is 5.82 Å². The van der Waals surface area contributed by atoms with Crippen LogP contribution in [0.1, 0.15) is 6.92 Å². The highest BCUT2D eigenvalue weighted by Gasteiger charge is 2.28. The van der Waals surface area contributed by atoms with Crippen LogP contribution in [0.25, 0.3) is 0 Å². The Morgan fingerprint density at radius 1 is 1.33 bits per heavy atom. The summed E-state index contributed by atoms with van der Waals surface area (Å²) < 4.78 is 18.4. The minimum absolute atomic E-state index is 0.188. The lowest BCUT2D eigenvalue weighted by Gasteiger charge is -2.28. The molecule has 0 bridgehead atoms. The zero-order chi connectivity index (χ0) is 13.0. The van der Waals surface area contributed by atoms with Gasteiger partial charge in [0.15, 0.2) is 0 Å². The lowest BCUT2D eigenvalue weighted by Crippen LogP contribution is -2.40. The largest absolute Gasteiger partial charge is 0.379 e. The van der Waals surface area contributed by atoms with E-state index in [1.807, 2.05) is 19.2 Å². The highest BCUT2D eigenvalue weighted by atomic mass is 19.1. The van der Waals surface area contributed by atoms with E-state index in [1.54, 1.807) is 0 Å². The molecule has 1 aromatic carbocycles. The summed E-state index contributed by atoms with van der Waals surface area (Å²) in [7, 11) is 1.97. The van der Waals surface area contributed by atoms with Crippen LogP contribution in [-0.2, 0) is 4.74 Å². The third kappa shape index (κ3) is 3.00. The van der Waals surface area contributed by atoms with Crippen molar-refractivity contribution in [3.8, 4) is 0 Å². The summed E-state index contributed by atoms with van der Waals surface area (Å²) in [5.74, 6) is 0.298. The summed E-state index contributed by atoms with van der Waals surface area (Å²) in [6, 6.07) is 7.11. The molecular formula is C14H21FN2O. The molecule has 100 valence electrons. The van der Waals surface area contributed by atoms with Crippen LogP contribution in [0.15, 0.2) is 24.3 Å². The van der Waals surface area contributed by atoms with Crippen molar-refractivity contribution in [2.24, 2.45) is 5.92 Å². The van der Waals surface area contributed by atoms with Crippen LogP contribution in [0.3, 0.4) is 0 Å². The van der Waals surface area contributed by atoms with Gasteiger partial charge in [0, 0.05) is 30.7 Å². The average Bonchev–Trinajstić information content (AvgIpc) is 2.84. The SMILES string of the molecule is CCN(CC1COCC1NC)c1ccc(F)cc1. The van der Waals surface area contributed by atoms with E-state index in [9.17, 15) is 4.39 Å². The number of nitrogens with one attached hydrogen (secondary N) is 1. The molecule has 1 fully saturated rings. The molecule has 1 aromatic rings. The number of ether oxygens (including phenoxy) is 1. The molecule has 0 saturated carbocycles. The van der Waals surface area contributed by atoms with Gasteiger partial charge in [-0.25, -0.2) is 4.39 Å². The monoisotopic (exact) mass is 252 g/mol. The number of anilines is 1. The van der Waals surface area contributed by atoms with Gasteiger partial charge in [0.2, 0.25) is 0 Å². The minimum atomic E-state index is -0.188. The number of likely N-dealkylation sites (N-methyl/N-ethyl adjacent to an activating group) is 1. The molecule has 0 radical (unpaired) electrons. The Morgan fingerprint density at radius 3 is 2.67 bits per heavy atom. The van der Waals surface area contributed by atoms with Crippen molar-refractivity contribution in [2.75, 3.05) is 38.3 Å². The van der Waals surface area contributed by atoms with Gasteiger partial charge in [0.25, 0.3) is 0 Å². The van der Waals surface area contributed by atoms with Gasteiger partial charge in [0.1, 0.15) is 5.82 Å². The molecule has 1 saturated heterocycles. The Labute approximate surface area is 108 Å². The van der Waals surface area contributed by atoms with Crippen molar-refractivity contribution in [3.05, 3.63) is 30.1 Å². The topological polar surface area (TPSA) is 24.5 Å². The van der Waals surface area contributed by atoms with Crippen molar-refractivity contribution in [1.82, 2.24) is 5.32 Å². The molecule has 1 aliphatic rings. The smallest absolute Gasteiger partial charge is 0.123 e. The molecule has 2 unspecified atom stereocenters. The van der Waals surface area contributed by atoms with Gasteiger partial charge in [0.05, 0.1) is 13.2 Å². The quantitative estimate of drug-likeness (QED) is 0.866. The van der Waals surface area contributed by atoms with Crippen LogP contribution < -0.4 is 10.2 Å². The number of rotatable bonds is 5. The van der Waals surface area contributed by atoms with E-state index in [2.05, 4.69) is 17.1 Å². The van der Waals surface area contributed by atoms with Crippen molar-refractivity contribution < 1.29 is 9.13 Å². The predicted octanol–water partition coefficient (Wildman–Crippen LogP) is 1.89. The first kappa shape index (κ1) is 13.3. The van der Waals surface area contributed by atoms with Crippen molar-refractivity contribution in [2.45, 2.75) is 13.0 Å². The molecule has 1 N–H and O–H groups in total. The van der Waals surface area contributed by atoms with Gasteiger partial charge >= 0.3 is 0 Å². The molecule has 0 aromatic heterocycles. The lowest BCUT2D eigenvalue weighted by atomic mass is 10.0. The fourth-order valence-electron chi connectivity index (χ4n) is 2.45. The Morgan fingerprint density at radius 2 is 2.06 bits per heavy atom. The molecule has 1 heterocycles. The van der Waals surface area contributed by atoms with Gasteiger partial charge in [-0.05, 0) is 38.2 Å². The van der Waals surface area contributed by atoms with E-state index in [0.29, 0.717) is 12.0 Å². The first-order valence-electron chi connectivity index (χ1n) is 6.50. The maximum atomic E-state index is 12.9. The Balaban J connectivity index is 2.02. The molecule has 3 nitrogen and oxygen atoms in total. The van der Waals surface area contributed by atoms with Gasteiger partial charge in [-0.15, -0.1) is 0 Å². The zero-order valence-corrected chi connectivity index (χ0v) is 11.0. The normalized spacial score (nSPS) is 23.3. The second-order valence-corrected chi connectivity index (χ2v) is 4.71. The number of hydrogen-bond donors (Lipinski definition) is 1.